The zero-order chi connectivity index (χ0) is 29.3. The lowest BCUT2D eigenvalue weighted by molar-refractivity contribution is -0.155. The molecule has 1 N–H and O–H groups in total. The van der Waals surface area contributed by atoms with Crippen molar-refractivity contribution < 1.29 is 24.2 Å². The molecule has 2 bridgehead atoms. The predicted molar refractivity (Wildman–Crippen MR) is 156 cm³/mol. The van der Waals surface area contributed by atoms with E-state index in [1.165, 1.54) is 4.90 Å². The van der Waals surface area contributed by atoms with Crippen LogP contribution < -0.4 is 0 Å². The number of para-hydroxylation sites is 1. The number of allylic oxidation sites excluding steroid dienone is 1. The molecule has 3 fully saturated rings. The van der Waals surface area contributed by atoms with Crippen molar-refractivity contribution in [3.8, 4) is 0 Å². The van der Waals surface area contributed by atoms with E-state index in [0.29, 0.717) is 18.5 Å². The molecule has 4 heterocycles. The number of carbonyl (C=O) groups is 3. The fourth-order valence-corrected chi connectivity index (χ4v) is 9.35. The lowest BCUT2D eigenvalue weighted by Crippen LogP contribution is -2.59. The predicted octanol–water partition coefficient (Wildman–Crippen LogP) is 3.02. The fourth-order valence-electron chi connectivity index (χ4n) is 6.96. The van der Waals surface area contributed by atoms with Crippen molar-refractivity contribution in [2.75, 3.05) is 19.8 Å². The minimum atomic E-state index is -0.854. The number of hydrogen-bond donors (Lipinski definition) is 1. The van der Waals surface area contributed by atoms with E-state index >= 15 is 0 Å². The van der Waals surface area contributed by atoms with E-state index in [4.69, 9.17) is 4.74 Å². The van der Waals surface area contributed by atoms with Gasteiger partial charge in [0.25, 0.3) is 0 Å². The maximum Gasteiger partial charge on any atom is 0.310 e. The molecule has 41 heavy (non-hydrogen) atoms. The molecule has 1 aromatic carbocycles. The minimum absolute atomic E-state index is 0.00529. The zero-order valence-electron chi connectivity index (χ0n) is 23.7. The number of carbonyl (C=O) groups excluding carboxylic acids is 3. The number of rotatable bonds is 13. The first-order chi connectivity index (χ1) is 19.8. The molecular weight excluding hydrogens is 542 g/mol. The van der Waals surface area contributed by atoms with Crippen LogP contribution in [0.4, 0.5) is 0 Å². The number of esters is 1. The number of aliphatic hydroxyl groups is 1. The minimum Gasteiger partial charge on any atom is -0.465 e. The molecule has 3 aliphatic heterocycles. The Hall–Kier alpha value is -3.18. The van der Waals surface area contributed by atoms with Gasteiger partial charge in [0.15, 0.2) is 0 Å². The van der Waals surface area contributed by atoms with Crippen LogP contribution >= 0.6 is 11.8 Å². The third-order valence-corrected chi connectivity index (χ3v) is 10.9. The average Bonchev–Trinajstić information content (AvgIpc) is 3.69. The summed E-state index contributed by atoms with van der Waals surface area (Å²) in [5.41, 5.74) is 1.50. The molecular formula is C30H39N5O5S. The number of aromatic nitrogens is 3. The number of amides is 2. The summed E-state index contributed by atoms with van der Waals surface area (Å²) in [6, 6.07) is 6.06. The van der Waals surface area contributed by atoms with Crippen LogP contribution in [0.1, 0.15) is 39.5 Å². The Morgan fingerprint density at radius 3 is 2.80 bits per heavy atom. The highest BCUT2D eigenvalue weighted by molar-refractivity contribution is 8.02. The number of hydrogen-bond acceptors (Lipinski definition) is 8. The Bertz CT molecular complexity index is 1330. The van der Waals surface area contributed by atoms with E-state index in [1.807, 2.05) is 30.3 Å². The summed E-state index contributed by atoms with van der Waals surface area (Å²) < 4.78 is 6.55. The van der Waals surface area contributed by atoms with Crippen LogP contribution in [0.2, 0.25) is 0 Å². The lowest BCUT2D eigenvalue weighted by atomic mass is 9.66. The first-order valence-corrected chi connectivity index (χ1v) is 15.2. The van der Waals surface area contributed by atoms with Gasteiger partial charge in [0.1, 0.15) is 18.2 Å². The molecule has 0 saturated carbocycles. The van der Waals surface area contributed by atoms with Gasteiger partial charge < -0.3 is 19.6 Å². The van der Waals surface area contributed by atoms with Gasteiger partial charge >= 0.3 is 5.97 Å². The summed E-state index contributed by atoms with van der Waals surface area (Å²) in [6.45, 7) is 11.8. The number of ether oxygens (including phenoxy) is 1. The SMILES string of the molecule is C=CCCCCOC(=O)[C@@H]1[C@@H]2CC(C)C3(S2)C(C(=O)N(CC=C)Cn2nnc4ccccc42)N([C@H](C)CO)C(=O)[C@H]13. The van der Waals surface area contributed by atoms with E-state index in [0.717, 1.165) is 24.8 Å². The second-order valence-electron chi connectivity index (χ2n) is 11.4. The first-order valence-electron chi connectivity index (χ1n) is 14.4. The quantitative estimate of drug-likeness (QED) is 0.218. The highest BCUT2D eigenvalue weighted by Gasteiger charge is 2.77. The van der Waals surface area contributed by atoms with Crippen LogP contribution in [0.25, 0.3) is 11.0 Å². The second kappa shape index (κ2) is 12.0. The molecule has 7 atom stereocenters. The van der Waals surface area contributed by atoms with E-state index in [-0.39, 0.29) is 48.8 Å². The van der Waals surface area contributed by atoms with E-state index in [1.54, 1.807) is 34.3 Å². The van der Waals surface area contributed by atoms with E-state index in [2.05, 4.69) is 30.4 Å². The van der Waals surface area contributed by atoms with Gasteiger partial charge in [-0.2, -0.15) is 0 Å². The summed E-state index contributed by atoms with van der Waals surface area (Å²) in [7, 11) is 0. The number of nitrogens with zero attached hydrogens (tertiary/aromatic N) is 5. The third-order valence-electron chi connectivity index (χ3n) is 8.86. The number of likely N-dealkylation sites (tertiary alicyclic amines) is 1. The molecule has 3 saturated heterocycles. The maximum absolute atomic E-state index is 14.6. The van der Waals surface area contributed by atoms with Crippen LogP contribution in [0.3, 0.4) is 0 Å². The zero-order valence-corrected chi connectivity index (χ0v) is 24.5. The molecule has 3 aliphatic rings. The average molecular weight is 582 g/mol. The Balaban J connectivity index is 1.47. The van der Waals surface area contributed by atoms with Gasteiger partial charge in [0.2, 0.25) is 11.8 Å². The van der Waals surface area contributed by atoms with Crippen LogP contribution in [0.5, 0.6) is 0 Å². The molecule has 5 rings (SSSR count). The van der Waals surface area contributed by atoms with Crippen molar-refractivity contribution in [2.45, 2.75) is 68.3 Å². The maximum atomic E-state index is 14.6. The van der Waals surface area contributed by atoms with Crippen LogP contribution in [-0.2, 0) is 25.8 Å². The topological polar surface area (TPSA) is 118 Å². The number of fused-ring (bicyclic) bond motifs is 2. The molecule has 1 aromatic heterocycles. The van der Waals surface area contributed by atoms with Gasteiger partial charge in [0.05, 0.1) is 41.4 Å². The number of unbranched alkanes of at least 4 members (excludes halogenated alkanes) is 2. The molecule has 10 nitrogen and oxygen atoms in total. The molecule has 11 heteroatoms. The summed E-state index contributed by atoms with van der Waals surface area (Å²) in [5.74, 6) is -2.19. The fraction of sp³-hybridized carbons (Fsp3) is 0.567. The third kappa shape index (κ3) is 4.86. The van der Waals surface area contributed by atoms with Gasteiger partial charge in [-0.1, -0.05) is 36.4 Å². The van der Waals surface area contributed by atoms with Crippen molar-refractivity contribution in [2.24, 2.45) is 17.8 Å². The summed E-state index contributed by atoms with van der Waals surface area (Å²) in [5, 5.41) is 18.6. The van der Waals surface area contributed by atoms with Crippen LogP contribution in [0, 0.1) is 17.8 Å². The molecule has 0 radical (unpaired) electrons. The Morgan fingerprint density at radius 1 is 1.29 bits per heavy atom. The lowest BCUT2D eigenvalue weighted by Gasteiger charge is -2.41. The van der Waals surface area contributed by atoms with Gasteiger partial charge in [-0.25, -0.2) is 4.68 Å². The normalized spacial score (nSPS) is 29.0. The molecule has 3 unspecified atom stereocenters. The van der Waals surface area contributed by atoms with Gasteiger partial charge in [0, 0.05) is 11.8 Å². The summed E-state index contributed by atoms with van der Waals surface area (Å²) in [6.07, 6.45) is 6.66. The van der Waals surface area contributed by atoms with Crippen molar-refractivity contribution in [3.05, 3.63) is 49.6 Å². The van der Waals surface area contributed by atoms with E-state index in [9.17, 15) is 19.5 Å². The van der Waals surface area contributed by atoms with Crippen LogP contribution in [0.15, 0.2) is 49.6 Å². The monoisotopic (exact) mass is 581 g/mol. The molecule has 2 aromatic rings. The Labute approximate surface area is 244 Å². The van der Waals surface area contributed by atoms with Gasteiger partial charge in [-0.15, -0.1) is 30.0 Å². The first kappa shape index (κ1) is 29.3. The van der Waals surface area contributed by atoms with Gasteiger partial charge in [-0.05, 0) is 50.7 Å². The Morgan fingerprint density at radius 2 is 2.07 bits per heavy atom. The standard InChI is InChI=1S/C30H39N5O5S/c1-5-7-8-11-15-40-29(39)24-23-16-19(3)30(41-23)25(24)27(37)35(20(4)17-36)26(30)28(38)33(14-6-2)18-34-22-13-10-9-12-21(22)31-32-34/h5-6,9-10,12-13,19-20,23-26,36H,1-2,7-8,11,14-18H2,3-4H3/t19?,20-,23+,24-,25+,26?,30?/m1/s1. The molecule has 1 spiro atoms. The van der Waals surface area contributed by atoms with Crippen molar-refractivity contribution in [3.63, 3.8) is 0 Å². The molecule has 220 valence electrons. The van der Waals surface area contributed by atoms with E-state index < -0.39 is 28.7 Å². The van der Waals surface area contributed by atoms with Crippen LogP contribution in [-0.4, -0.2) is 89.5 Å². The number of benzene rings is 1. The largest absolute Gasteiger partial charge is 0.465 e. The summed E-state index contributed by atoms with van der Waals surface area (Å²) >= 11 is 1.59. The van der Waals surface area contributed by atoms with Crippen molar-refractivity contribution in [1.82, 2.24) is 24.8 Å². The number of aliphatic hydroxyl groups excluding tert-OH is 1. The molecule has 2 amide bonds. The molecule has 0 aliphatic carbocycles. The van der Waals surface area contributed by atoms with Crippen molar-refractivity contribution in [1.29, 1.82) is 0 Å². The highest BCUT2D eigenvalue weighted by Crippen LogP contribution is 2.69. The van der Waals surface area contributed by atoms with Gasteiger partial charge in [-0.3, -0.25) is 14.4 Å². The summed E-state index contributed by atoms with van der Waals surface area (Å²) in [4.78, 5) is 45.4. The highest BCUT2D eigenvalue weighted by atomic mass is 32.2. The number of thioether (sulfide) groups is 1. The second-order valence-corrected chi connectivity index (χ2v) is 12.9. The Kier molecular flexibility index (Phi) is 8.56. The smallest absolute Gasteiger partial charge is 0.310 e. The van der Waals surface area contributed by atoms with Crippen molar-refractivity contribution >= 4 is 40.6 Å².